The van der Waals surface area contributed by atoms with Crippen LogP contribution in [0.5, 0.6) is 5.75 Å². The number of aldehydes is 1. The van der Waals surface area contributed by atoms with Gasteiger partial charge in [0.1, 0.15) is 29.5 Å². The highest BCUT2D eigenvalue weighted by Gasteiger charge is 2.17. The summed E-state index contributed by atoms with van der Waals surface area (Å²) in [6.07, 6.45) is 0.474. The quantitative estimate of drug-likeness (QED) is 0.793. The minimum atomic E-state index is -0.959. The van der Waals surface area contributed by atoms with Crippen molar-refractivity contribution < 1.29 is 22.7 Å². The van der Waals surface area contributed by atoms with Crippen molar-refractivity contribution in [3.63, 3.8) is 0 Å². The summed E-state index contributed by atoms with van der Waals surface area (Å²) in [6, 6.07) is 5.21. The molecule has 98 valence electrons. The lowest BCUT2D eigenvalue weighted by molar-refractivity contribution is 0.112. The maximum atomic E-state index is 13.8. The topological polar surface area (TPSA) is 26.3 Å². The van der Waals surface area contributed by atoms with Crippen molar-refractivity contribution in [1.82, 2.24) is 0 Å². The standard InChI is InChI=1S/C14H9F3O2/c1-19-9-5-12(16)14(13(17)6-9)10-4-8(7-18)2-3-11(10)15/h2-7H,1H3. The van der Waals surface area contributed by atoms with E-state index in [1.807, 2.05) is 0 Å². The zero-order valence-corrected chi connectivity index (χ0v) is 9.91. The third-order valence-corrected chi connectivity index (χ3v) is 2.65. The molecule has 0 amide bonds. The molecule has 0 saturated carbocycles. The Morgan fingerprint density at radius 3 is 2.16 bits per heavy atom. The van der Waals surface area contributed by atoms with Gasteiger partial charge in [-0.1, -0.05) is 0 Å². The summed E-state index contributed by atoms with van der Waals surface area (Å²) >= 11 is 0. The smallest absolute Gasteiger partial charge is 0.150 e. The molecule has 0 aliphatic heterocycles. The van der Waals surface area contributed by atoms with Gasteiger partial charge in [-0.3, -0.25) is 4.79 Å². The fourth-order valence-corrected chi connectivity index (χ4v) is 1.73. The summed E-state index contributed by atoms with van der Waals surface area (Å²) in [7, 11) is 1.27. The first kappa shape index (κ1) is 13.1. The van der Waals surface area contributed by atoms with E-state index in [2.05, 4.69) is 0 Å². The fourth-order valence-electron chi connectivity index (χ4n) is 1.73. The summed E-state index contributed by atoms with van der Waals surface area (Å²) in [5.74, 6) is -2.74. The Hall–Kier alpha value is -2.30. The molecule has 0 heterocycles. The van der Waals surface area contributed by atoms with Crippen LogP contribution in [-0.4, -0.2) is 13.4 Å². The molecule has 5 heteroatoms. The second-order valence-electron chi connectivity index (χ2n) is 3.82. The predicted molar refractivity (Wildman–Crippen MR) is 63.7 cm³/mol. The van der Waals surface area contributed by atoms with Gasteiger partial charge >= 0.3 is 0 Å². The molecule has 2 nitrogen and oxygen atoms in total. The molecule has 0 radical (unpaired) electrons. The Balaban J connectivity index is 2.68. The normalized spacial score (nSPS) is 10.3. The zero-order chi connectivity index (χ0) is 14.0. The molecule has 0 aliphatic carbocycles. The lowest BCUT2D eigenvalue weighted by Gasteiger charge is -2.09. The van der Waals surface area contributed by atoms with E-state index in [0.29, 0.717) is 6.29 Å². The highest BCUT2D eigenvalue weighted by atomic mass is 19.1. The molecule has 2 aromatic rings. The molecule has 0 aromatic heterocycles. The first-order valence-corrected chi connectivity index (χ1v) is 5.35. The van der Waals surface area contributed by atoms with E-state index in [-0.39, 0.29) is 16.9 Å². The largest absolute Gasteiger partial charge is 0.497 e. The van der Waals surface area contributed by atoms with E-state index in [1.54, 1.807) is 0 Å². The Morgan fingerprint density at radius 2 is 1.63 bits per heavy atom. The second kappa shape index (κ2) is 5.14. The van der Waals surface area contributed by atoms with Gasteiger partial charge in [0.05, 0.1) is 12.7 Å². The number of hydrogen-bond acceptors (Lipinski definition) is 2. The van der Waals surface area contributed by atoms with Crippen molar-refractivity contribution in [2.24, 2.45) is 0 Å². The van der Waals surface area contributed by atoms with Gasteiger partial charge in [-0.15, -0.1) is 0 Å². The number of halogens is 3. The van der Waals surface area contributed by atoms with E-state index >= 15 is 0 Å². The first-order chi connectivity index (χ1) is 9.06. The van der Waals surface area contributed by atoms with E-state index in [9.17, 15) is 18.0 Å². The number of hydrogen-bond donors (Lipinski definition) is 0. The summed E-state index contributed by atoms with van der Waals surface area (Å²) in [4.78, 5) is 10.6. The Bertz CT molecular complexity index is 616. The molecule has 0 fully saturated rings. The minimum Gasteiger partial charge on any atom is -0.497 e. The molecule has 0 atom stereocenters. The van der Waals surface area contributed by atoms with Crippen LogP contribution >= 0.6 is 0 Å². The molecule has 0 aliphatic rings. The molecule has 0 N–H and O–H groups in total. The van der Waals surface area contributed by atoms with Gasteiger partial charge in [0.2, 0.25) is 0 Å². The van der Waals surface area contributed by atoms with Crippen LogP contribution in [0.4, 0.5) is 13.2 Å². The number of rotatable bonds is 3. The minimum absolute atomic E-state index is 0.00861. The SMILES string of the molecule is COc1cc(F)c(-c2cc(C=O)ccc2F)c(F)c1. The first-order valence-electron chi connectivity index (χ1n) is 5.35. The van der Waals surface area contributed by atoms with Crippen LogP contribution < -0.4 is 4.74 Å². The maximum absolute atomic E-state index is 13.8. The summed E-state index contributed by atoms with van der Waals surface area (Å²) in [6.45, 7) is 0. The van der Waals surface area contributed by atoms with Crippen molar-refractivity contribution in [2.75, 3.05) is 7.11 Å². The van der Waals surface area contributed by atoms with Gasteiger partial charge in [-0.25, -0.2) is 13.2 Å². The molecule has 19 heavy (non-hydrogen) atoms. The van der Waals surface area contributed by atoms with Gasteiger partial charge < -0.3 is 4.74 Å². The van der Waals surface area contributed by atoms with E-state index < -0.39 is 23.0 Å². The molecule has 0 bridgehead atoms. The predicted octanol–water partition coefficient (Wildman–Crippen LogP) is 3.59. The summed E-state index contributed by atoms with van der Waals surface area (Å²) in [5.41, 5.74) is -0.699. The lowest BCUT2D eigenvalue weighted by atomic mass is 10.0. The third kappa shape index (κ3) is 2.45. The van der Waals surface area contributed by atoms with Crippen molar-refractivity contribution in [3.05, 3.63) is 53.3 Å². The van der Waals surface area contributed by atoms with Gasteiger partial charge in [0.25, 0.3) is 0 Å². The van der Waals surface area contributed by atoms with Crippen LogP contribution in [0.3, 0.4) is 0 Å². The van der Waals surface area contributed by atoms with Crippen molar-refractivity contribution in [2.45, 2.75) is 0 Å². The molecule has 2 aromatic carbocycles. The third-order valence-electron chi connectivity index (χ3n) is 2.65. The van der Waals surface area contributed by atoms with Crippen LogP contribution in [0.1, 0.15) is 10.4 Å². The Labute approximate surface area is 107 Å². The summed E-state index contributed by atoms with van der Waals surface area (Å²) in [5, 5.41) is 0. The average molecular weight is 266 g/mol. The highest BCUT2D eigenvalue weighted by Crippen LogP contribution is 2.31. The van der Waals surface area contributed by atoms with Gasteiger partial charge in [-0.05, 0) is 18.2 Å². The van der Waals surface area contributed by atoms with E-state index in [4.69, 9.17) is 4.74 Å². The molecular weight excluding hydrogens is 257 g/mol. The number of carbonyl (C=O) groups excluding carboxylic acids is 1. The number of methoxy groups -OCH3 is 1. The van der Waals surface area contributed by atoms with Crippen LogP contribution in [0.2, 0.25) is 0 Å². The van der Waals surface area contributed by atoms with Gasteiger partial charge in [-0.2, -0.15) is 0 Å². The number of ether oxygens (including phenoxy) is 1. The maximum Gasteiger partial charge on any atom is 0.150 e. The second-order valence-corrected chi connectivity index (χ2v) is 3.82. The fraction of sp³-hybridized carbons (Fsp3) is 0.0714. The van der Waals surface area contributed by atoms with Gasteiger partial charge in [0, 0.05) is 23.3 Å². The van der Waals surface area contributed by atoms with Crippen LogP contribution in [-0.2, 0) is 0 Å². The number of carbonyl (C=O) groups is 1. The highest BCUT2D eigenvalue weighted by molar-refractivity contribution is 5.79. The molecule has 2 rings (SSSR count). The molecule has 0 saturated heterocycles. The lowest BCUT2D eigenvalue weighted by Crippen LogP contribution is -1.96. The monoisotopic (exact) mass is 266 g/mol. The van der Waals surface area contributed by atoms with Crippen molar-refractivity contribution >= 4 is 6.29 Å². The molecular formula is C14H9F3O2. The average Bonchev–Trinajstić information content (AvgIpc) is 2.39. The van der Waals surface area contributed by atoms with E-state index in [1.165, 1.54) is 13.2 Å². The van der Waals surface area contributed by atoms with Crippen LogP contribution in [0.25, 0.3) is 11.1 Å². The van der Waals surface area contributed by atoms with Gasteiger partial charge in [0.15, 0.2) is 0 Å². The Kier molecular flexibility index (Phi) is 3.55. The van der Waals surface area contributed by atoms with Crippen molar-refractivity contribution in [1.29, 1.82) is 0 Å². The van der Waals surface area contributed by atoms with Crippen LogP contribution in [0, 0.1) is 17.5 Å². The Morgan fingerprint density at radius 1 is 1.00 bits per heavy atom. The number of benzene rings is 2. The van der Waals surface area contributed by atoms with E-state index in [0.717, 1.165) is 24.3 Å². The van der Waals surface area contributed by atoms with Crippen LogP contribution in [0.15, 0.2) is 30.3 Å². The zero-order valence-electron chi connectivity index (χ0n) is 9.91. The van der Waals surface area contributed by atoms with Crippen molar-refractivity contribution in [3.8, 4) is 16.9 Å². The molecule has 0 spiro atoms. The molecule has 0 unspecified atom stereocenters. The summed E-state index contributed by atoms with van der Waals surface area (Å²) < 4.78 is 46.0.